The second-order valence-corrected chi connectivity index (χ2v) is 10.1. The van der Waals surface area contributed by atoms with Crippen LogP contribution in [0.1, 0.15) is 47.5 Å². The molecule has 3 aromatic rings. The highest BCUT2D eigenvalue weighted by Gasteiger charge is 2.22. The molecule has 0 saturated heterocycles. The van der Waals surface area contributed by atoms with Crippen LogP contribution in [-0.2, 0) is 16.1 Å². The van der Waals surface area contributed by atoms with Gasteiger partial charge in [-0.3, -0.25) is 14.5 Å². The molecule has 1 heterocycles. The molecule has 1 unspecified atom stereocenters. The number of aromatic nitrogens is 3. The lowest BCUT2D eigenvalue weighted by Crippen LogP contribution is -2.34. The maximum Gasteiger partial charge on any atom is 0.243 e. The van der Waals surface area contributed by atoms with E-state index in [0.29, 0.717) is 11.7 Å². The number of hydrogen-bond donors (Lipinski definition) is 2. The van der Waals surface area contributed by atoms with Crippen LogP contribution in [0.2, 0.25) is 0 Å². The van der Waals surface area contributed by atoms with Crippen LogP contribution in [0.3, 0.4) is 0 Å². The Morgan fingerprint density at radius 1 is 1.03 bits per heavy atom. The number of hydrogen-bond acceptors (Lipinski definition) is 6. The van der Waals surface area contributed by atoms with Gasteiger partial charge in [0.25, 0.3) is 0 Å². The minimum Gasteiger partial charge on any atom is -0.346 e. The third kappa shape index (κ3) is 7.18. The first-order valence-electron chi connectivity index (χ1n) is 12.1. The van der Waals surface area contributed by atoms with Crippen molar-refractivity contribution in [1.29, 1.82) is 0 Å². The number of nitrogens with zero attached hydrogens (tertiary/aromatic N) is 4. The molecule has 36 heavy (non-hydrogen) atoms. The predicted octanol–water partition coefficient (Wildman–Crippen LogP) is 4.11. The van der Waals surface area contributed by atoms with E-state index in [0.717, 1.165) is 40.2 Å². The first-order valence-corrected chi connectivity index (χ1v) is 13.1. The molecule has 1 aromatic heterocycles. The fourth-order valence-electron chi connectivity index (χ4n) is 4.27. The van der Waals surface area contributed by atoms with Crippen LogP contribution in [0.25, 0.3) is 0 Å². The van der Waals surface area contributed by atoms with Gasteiger partial charge >= 0.3 is 0 Å². The van der Waals surface area contributed by atoms with E-state index < -0.39 is 0 Å². The van der Waals surface area contributed by atoms with E-state index in [1.165, 1.54) is 11.8 Å². The Labute approximate surface area is 217 Å². The maximum atomic E-state index is 12.5. The summed E-state index contributed by atoms with van der Waals surface area (Å²) in [7, 11) is 4.06. The van der Waals surface area contributed by atoms with Gasteiger partial charge in [0.2, 0.25) is 11.8 Å². The zero-order valence-corrected chi connectivity index (χ0v) is 22.8. The molecule has 2 N–H and O–H groups in total. The second-order valence-electron chi connectivity index (χ2n) is 9.19. The molecule has 0 aliphatic carbocycles. The Morgan fingerprint density at radius 3 is 2.31 bits per heavy atom. The van der Waals surface area contributed by atoms with Crippen molar-refractivity contribution in [3.8, 4) is 0 Å². The normalized spacial score (nSPS) is 12.0. The Hall–Kier alpha value is -3.17. The maximum absolute atomic E-state index is 12.5. The van der Waals surface area contributed by atoms with Gasteiger partial charge in [0.15, 0.2) is 11.0 Å². The van der Waals surface area contributed by atoms with E-state index in [9.17, 15) is 9.59 Å². The smallest absolute Gasteiger partial charge is 0.243 e. The van der Waals surface area contributed by atoms with Crippen molar-refractivity contribution in [2.24, 2.45) is 0 Å². The van der Waals surface area contributed by atoms with Crippen molar-refractivity contribution >= 4 is 29.3 Å². The molecule has 0 spiro atoms. The van der Waals surface area contributed by atoms with Crippen molar-refractivity contribution in [2.45, 2.75) is 51.9 Å². The van der Waals surface area contributed by atoms with Crippen molar-refractivity contribution in [1.82, 2.24) is 25.0 Å². The van der Waals surface area contributed by atoms with Gasteiger partial charge in [0, 0.05) is 5.69 Å². The van der Waals surface area contributed by atoms with E-state index in [1.807, 2.05) is 65.2 Å². The number of nitrogens with one attached hydrogen (secondary N) is 2. The molecular formula is C27H36N6O2S. The molecule has 0 bridgehead atoms. The minimum absolute atomic E-state index is 0.0906. The van der Waals surface area contributed by atoms with Crippen molar-refractivity contribution in [3.63, 3.8) is 0 Å². The molecule has 0 aliphatic rings. The number of anilines is 1. The number of carbonyl (C=O) groups excluding carboxylic acids is 2. The van der Waals surface area contributed by atoms with Gasteiger partial charge in [-0.25, -0.2) is 0 Å². The van der Waals surface area contributed by atoms with Gasteiger partial charge in [-0.1, -0.05) is 66.7 Å². The topological polar surface area (TPSA) is 92.1 Å². The van der Waals surface area contributed by atoms with Crippen LogP contribution >= 0.6 is 11.8 Å². The summed E-state index contributed by atoms with van der Waals surface area (Å²) in [5, 5.41) is 15.2. The van der Waals surface area contributed by atoms with Crippen LogP contribution in [0, 0.1) is 20.8 Å². The first-order chi connectivity index (χ1) is 17.2. The van der Waals surface area contributed by atoms with Gasteiger partial charge in [0.05, 0.1) is 24.9 Å². The van der Waals surface area contributed by atoms with E-state index >= 15 is 0 Å². The second kappa shape index (κ2) is 12.7. The highest BCUT2D eigenvalue weighted by molar-refractivity contribution is 7.99. The monoisotopic (exact) mass is 508 g/mol. The van der Waals surface area contributed by atoms with E-state index in [1.54, 1.807) is 0 Å². The zero-order chi connectivity index (χ0) is 26.2. The number of thioether (sulfide) groups is 1. The van der Waals surface area contributed by atoms with Crippen molar-refractivity contribution in [2.75, 3.05) is 31.7 Å². The van der Waals surface area contributed by atoms with Gasteiger partial charge in [-0.05, 0) is 58.0 Å². The lowest BCUT2D eigenvalue weighted by atomic mass is 10.1. The summed E-state index contributed by atoms with van der Waals surface area (Å²) in [4.78, 5) is 27.1. The summed E-state index contributed by atoms with van der Waals surface area (Å²) in [5.74, 6) is 0.525. The van der Waals surface area contributed by atoms with Crippen LogP contribution in [0.5, 0.6) is 0 Å². The standard InChI is InChI=1S/C27H36N6O2S/c1-7-22(32(5)6)26-30-31-27(33(26)16-21-11-9-8-10-12-21)36-17-24(35)28-15-23(34)29-25-19(3)13-18(2)14-20(25)4/h8-14,22H,7,15-17H2,1-6H3,(H,28,35)(H,29,34). The van der Waals surface area contributed by atoms with Crippen LogP contribution in [0.15, 0.2) is 47.6 Å². The average Bonchev–Trinajstić information content (AvgIpc) is 3.21. The summed E-state index contributed by atoms with van der Waals surface area (Å²) >= 11 is 1.32. The van der Waals surface area contributed by atoms with Crippen LogP contribution in [-0.4, -0.2) is 57.9 Å². The molecule has 0 aliphatic heterocycles. The number of benzene rings is 2. The lowest BCUT2D eigenvalue weighted by molar-refractivity contribution is -0.122. The molecule has 9 heteroatoms. The highest BCUT2D eigenvalue weighted by atomic mass is 32.2. The molecule has 0 fully saturated rings. The number of aryl methyl sites for hydroxylation is 3. The molecule has 2 aromatic carbocycles. The Balaban J connectivity index is 1.63. The summed E-state index contributed by atoms with van der Waals surface area (Å²) < 4.78 is 2.08. The molecule has 0 radical (unpaired) electrons. The Bertz CT molecular complexity index is 1170. The van der Waals surface area contributed by atoms with Crippen LogP contribution < -0.4 is 10.6 Å². The summed E-state index contributed by atoms with van der Waals surface area (Å²) in [6, 6.07) is 14.3. The SMILES string of the molecule is CCC(c1nnc(SCC(=O)NCC(=O)Nc2c(C)cc(C)cc2C)n1Cc1ccccc1)N(C)C. The quantitative estimate of drug-likeness (QED) is 0.379. The van der Waals surface area contributed by atoms with E-state index in [-0.39, 0.29) is 30.2 Å². The molecule has 2 amide bonds. The Morgan fingerprint density at radius 2 is 1.69 bits per heavy atom. The number of amides is 2. The fourth-order valence-corrected chi connectivity index (χ4v) is 5.04. The number of carbonyl (C=O) groups is 2. The molecule has 3 rings (SSSR count). The van der Waals surface area contributed by atoms with Crippen molar-refractivity contribution in [3.05, 3.63) is 70.5 Å². The highest BCUT2D eigenvalue weighted by Crippen LogP contribution is 2.26. The third-order valence-corrected chi connectivity index (χ3v) is 6.92. The lowest BCUT2D eigenvalue weighted by Gasteiger charge is -2.23. The summed E-state index contributed by atoms with van der Waals surface area (Å²) in [5.41, 5.74) is 5.07. The summed E-state index contributed by atoms with van der Waals surface area (Å²) in [6.45, 7) is 8.60. The van der Waals surface area contributed by atoms with Gasteiger partial charge in [-0.2, -0.15) is 0 Å². The van der Waals surface area contributed by atoms with Gasteiger partial charge in [-0.15, -0.1) is 10.2 Å². The molecular weight excluding hydrogens is 472 g/mol. The summed E-state index contributed by atoms with van der Waals surface area (Å²) in [6.07, 6.45) is 0.889. The number of rotatable bonds is 11. The zero-order valence-electron chi connectivity index (χ0n) is 22.0. The minimum atomic E-state index is -0.255. The average molecular weight is 509 g/mol. The molecule has 0 saturated carbocycles. The van der Waals surface area contributed by atoms with Crippen molar-refractivity contribution < 1.29 is 9.59 Å². The largest absolute Gasteiger partial charge is 0.346 e. The van der Waals surface area contributed by atoms with Gasteiger partial charge < -0.3 is 15.2 Å². The van der Waals surface area contributed by atoms with Crippen LogP contribution in [0.4, 0.5) is 5.69 Å². The third-order valence-electron chi connectivity index (χ3n) is 5.96. The van der Waals surface area contributed by atoms with E-state index in [2.05, 4.69) is 49.4 Å². The predicted molar refractivity (Wildman–Crippen MR) is 145 cm³/mol. The first kappa shape index (κ1) is 27.4. The molecule has 192 valence electrons. The molecule has 1 atom stereocenters. The Kier molecular flexibility index (Phi) is 9.66. The van der Waals surface area contributed by atoms with Gasteiger partial charge in [0.1, 0.15) is 0 Å². The van der Waals surface area contributed by atoms with E-state index in [4.69, 9.17) is 0 Å². The fraction of sp³-hybridized carbons (Fsp3) is 0.407. The molecule has 8 nitrogen and oxygen atoms in total.